The van der Waals surface area contributed by atoms with E-state index in [2.05, 4.69) is 5.32 Å². The Labute approximate surface area is 117 Å². The first-order valence-electron chi connectivity index (χ1n) is 6.38. The maximum atomic E-state index is 11.1. The molecule has 1 aromatic carbocycles. The van der Waals surface area contributed by atoms with Gasteiger partial charge < -0.3 is 15.2 Å². The van der Waals surface area contributed by atoms with Crippen LogP contribution >= 0.6 is 11.6 Å². The van der Waals surface area contributed by atoms with Crippen LogP contribution in [0, 0.1) is 5.92 Å². The van der Waals surface area contributed by atoms with Crippen LogP contribution in [0.25, 0.3) is 0 Å². The molecule has 0 aromatic heterocycles. The summed E-state index contributed by atoms with van der Waals surface area (Å²) in [4.78, 5) is 11.1. The molecule has 1 heterocycles. The monoisotopic (exact) mass is 283 g/mol. The first-order chi connectivity index (χ1) is 8.97. The van der Waals surface area contributed by atoms with Crippen LogP contribution in [0.3, 0.4) is 0 Å². The van der Waals surface area contributed by atoms with E-state index >= 15 is 0 Å². The third-order valence-corrected chi connectivity index (χ3v) is 3.50. The lowest BCUT2D eigenvalue weighted by molar-refractivity contribution is -0.140. The molecule has 19 heavy (non-hydrogen) atoms. The van der Waals surface area contributed by atoms with Crippen molar-refractivity contribution in [2.45, 2.75) is 32.4 Å². The fourth-order valence-corrected chi connectivity index (χ4v) is 2.46. The van der Waals surface area contributed by atoms with Crippen molar-refractivity contribution in [3.05, 3.63) is 28.8 Å². The van der Waals surface area contributed by atoms with Crippen LogP contribution in [-0.2, 0) is 11.2 Å². The number of carboxylic acid groups (broad SMARTS) is 1. The van der Waals surface area contributed by atoms with Gasteiger partial charge in [-0.3, -0.25) is 4.79 Å². The predicted molar refractivity (Wildman–Crippen MR) is 73.8 cm³/mol. The third-order valence-electron chi connectivity index (χ3n) is 3.26. The summed E-state index contributed by atoms with van der Waals surface area (Å²) in [6, 6.07) is 5.00. The molecule has 1 aromatic rings. The number of hydrogen-bond donors (Lipinski definition) is 2. The van der Waals surface area contributed by atoms with Crippen molar-refractivity contribution in [3.8, 4) is 5.75 Å². The minimum Gasteiger partial charge on any atom is -0.488 e. The minimum absolute atomic E-state index is 0.0333. The molecule has 0 saturated heterocycles. The zero-order chi connectivity index (χ0) is 14.0. The fourth-order valence-electron chi connectivity index (χ4n) is 2.27. The first kappa shape index (κ1) is 14.2. The van der Waals surface area contributed by atoms with Crippen molar-refractivity contribution in [1.29, 1.82) is 0 Å². The van der Waals surface area contributed by atoms with Gasteiger partial charge in [0.25, 0.3) is 0 Å². The smallest absolute Gasteiger partial charge is 0.320 e. The van der Waals surface area contributed by atoms with Gasteiger partial charge in [-0.25, -0.2) is 0 Å². The van der Waals surface area contributed by atoms with Gasteiger partial charge in [0.05, 0.1) is 0 Å². The fraction of sp³-hybridized carbons (Fsp3) is 0.500. The molecule has 2 rings (SSSR count). The van der Waals surface area contributed by atoms with Crippen molar-refractivity contribution in [2.24, 2.45) is 5.92 Å². The normalized spacial score (nSPS) is 19.1. The zero-order valence-electron chi connectivity index (χ0n) is 11.0. The topological polar surface area (TPSA) is 58.6 Å². The van der Waals surface area contributed by atoms with E-state index in [0.717, 1.165) is 17.7 Å². The van der Waals surface area contributed by atoms with Crippen molar-refractivity contribution in [1.82, 2.24) is 5.32 Å². The van der Waals surface area contributed by atoms with Crippen LogP contribution in [0.1, 0.15) is 19.4 Å². The summed E-state index contributed by atoms with van der Waals surface area (Å²) in [7, 11) is 0. The maximum Gasteiger partial charge on any atom is 0.320 e. The molecule has 1 aliphatic rings. The molecular formula is C14H18ClNO3. The molecule has 0 radical (unpaired) electrons. The molecule has 0 saturated carbocycles. The SMILES string of the molecule is CC(C)C(NCC1Cc2cc(Cl)ccc2O1)C(=O)O. The predicted octanol–water partition coefficient (Wildman–Crippen LogP) is 2.34. The van der Waals surface area contributed by atoms with E-state index in [1.165, 1.54) is 0 Å². The number of fused-ring (bicyclic) bond motifs is 1. The molecule has 104 valence electrons. The Bertz CT molecular complexity index is 476. The van der Waals surface area contributed by atoms with Crippen LogP contribution in [-0.4, -0.2) is 29.8 Å². The summed E-state index contributed by atoms with van der Waals surface area (Å²) >= 11 is 5.93. The van der Waals surface area contributed by atoms with E-state index in [1.54, 1.807) is 6.07 Å². The summed E-state index contributed by atoms with van der Waals surface area (Å²) in [5.74, 6) is 0.0527. The average molecular weight is 284 g/mol. The Morgan fingerprint density at radius 1 is 1.58 bits per heavy atom. The van der Waals surface area contributed by atoms with E-state index in [1.807, 2.05) is 26.0 Å². The van der Waals surface area contributed by atoms with Gasteiger partial charge in [-0.05, 0) is 29.7 Å². The van der Waals surface area contributed by atoms with Gasteiger partial charge in [0.1, 0.15) is 17.9 Å². The molecule has 2 atom stereocenters. The van der Waals surface area contributed by atoms with Crippen LogP contribution < -0.4 is 10.1 Å². The highest BCUT2D eigenvalue weighted by Gasteiger charge is 2.26. The number of rotatable bonds is 5. The van der Waals surface area contributed by atoms with Crippen molar-refractivity contribution in [3.63, 3.8) is 0 Å². The van der Waals surface area contributed by atoms with Gasteiger partial charge in [-0.1, -0.05) is 25.4 Å². The number of carboxylic acids is 1. The molecule has 0 spiro atoms. The van der Waals surface area contributed by atoms with E-state index in [0.29, 0.717) is 11.6 Å². The maximum absolute atomic E-state index is 11.1. The van der Waals surface area contributed by atoms with Crippen LogP contribution in [0.15, 0.2) is 18.2 Å². The number of halogens is 1. The average Bonchev–Trinajstić information content (AvgIpc) is 2.70. The molecule has 0 aliphatic carbocycles. The molecule has 0 amide bonds. The molecule has 4 nitrogen and oxygen atoms in total. The molecule has 2 N–H and O–H groups in total. The third kappa shape index (κ3) is 3.39. The highest BCUT2D eigenvalue weighted by atomic mass is 35.5. The quantitative estimate of drug-likeness (QED) is 0.871. The lowest BCUT2D eigenvalue weighted by Crippen LogP contribution is -2.45. The lowest BCUT2D eigenvalue weighted by atomic mass is 10.0. The summed E-state index contributed by atoms with van der Waals surface area (Å²) in [6.45, 7) is 4.28. The zero-order valence-corrected chi connectivity index (χ0v) is 11.8. The largest absolute Gasteiger partial charge is 0.488 e. The van der Waals surface area contributed by atoms with E-state index in [9.17, 15) is 4.79 Å². The number of hydrogen-bond acceptors (Lipinski definition) is 3. The number of nitrogens with one attached hydrogen (secondary N) is 1. The molecule has 1 aliphatic heterocycles. The van der Waals surface area contributed by atoms with Gasteiger partial charge in [0.2, 0.25) is 0 Å². The van der Waals surface area contributed by atoms with Crippen molar-refractivity contribution in [2.75, 3.05) is 6.54 Å². The Morgan fingerprint density at radius 3 is 2.95 bits per heavy atom. The molecule has 5 heteroatoms. The van der Waals surface area contributed by atoms with E-state index in [-0.39, 0.29) is 12.0 Å². The Hall–Kier alpha value is -1.26. The van der Waals surface area contributed by atoms with E-state index < -0.39 is 12.0 Å². The standard InChI is InChI=1S/C14H18ClNO3/c1-8(2)13(14(17)18)16-7-11-6-9-5-10(15)3-4-12(9)19-11/h3-5,8,11,13,16H,6-7H2,1-2H3,(H,17,18). The summed E-state index contributed by atoms with van der Waals surface area (Å²) in [5.41, 5.74) is 1.08. The van der Waals surface area contributed by atoms with Gasteiger partial charge >= 0.3 is 5.97 Å². The van der Waals surface area contributed by atoms with Gasteiger partial charge in [-0.2, -0.15) is 0 Å². The van der Waals surface area contributed by atoms with Gasteiger partial charge in [0.15, 0.2) is 0 Å². The second-order valence-electron chi connectivity index (χ2n) is 5.16. The second-order valence-corrected chi connectivity index (χ2v) is 5.60. The Balaban J connectivity index is 1.92. The highest BCUT2D eigenvalue weighted by Crippen LogP contribution is 2.30. The Kier molecular flexibility index (Phi) is 4.32. The summed E-state index contributed by atoms with van der Waals surface area (Å²) in [5, 5.41) is 12.9. The van der Waals surface area contributed by atoms with Crippen molar-refractivity contribution >= 4 is 17.6 Å². The van der Waals surface area contributed by atoms with Crippen LogP contribution in [0.5, 0.6) is 5.75 Å². The Morgan fingerprint density at radius 2 is 2.32 bits per heavy atom. The highest BCUT2D eigenvalue weighted by molar-refractivity contribution is 6.30. The molecule has 2 unspecified atom stereocenters. The number of ether oxygens (including phenoxy) is 1. The number of benzene rings is 1. The number of carbonyl (C=O) groups is 1. The molecule has 0 fully saturated rings. The molecule has 0 bridgehead atoms. The number of aliphatic carboxylic acids is 1. The summed E-state index contributed by atoms with van der Waals surface area (Å²) in [6.07, 6.45) is 0.724. The second kappa shape index (κ2) is 5.80. The van der Waals surface area contributed by atoms with Gasteiger partial charge in [-0.15, -0.1) is 0 Å². The first-order valence-corrected chi connectivity index (χ1v) is 6.76. The lowest BCUT2D eigenvalue weighted by Gasteiger charge is -2.20. The minimum atomic E-state index is -0.825. The van der Waals surface area contributed by atoms with Crippen molar-refractivity contribution < 1.29 is 14.6 Å². The molecular weight excluding hydrogens is 266 g/mol. The van der Waals surface area contributed by atoms with Crippen LogP contribution in [0.4, 0.5) is 0 Å². The summed E-state index contributed by atoms with van der Waals surface area (Å²) < 4.78 is 5.76. The van der Waals surface area contributed by atoms with Gasteiger partial charge in [0, 0.05) is 18.0 Å². The van der Waals surface area contributed by atoms with Crippen LogP contribution in [0.2, 0.25) is 5.02 Å². The van der Waals surface area contributed by atoms with E-state index in [4.69, 9.17) is 21.4 Å².